The van der Waals surface area contributed by atoms with E-state index < -0.39 is 24.0 Å². The molecule has 1 heterocycles. The number of rotatable bonds is 4. The molecule has 0 aromatic carbocycles. The van der Waals surface area contributed by atoms with Crippen molar-refractivity contribution < 1.29 is 19.8 Å². The number of carboxylic acid groups (broad SMARTS) is 1. The SMILES string of the molecule is C[C@@H](O)[C@H](NC(=O)c1cc(Cl)nnc1Cl)C(=O)O. The third kappa shape index (κ3) is 3.52. The lowest BCUT2D eigenvalue weighted by molar-refractivity contribution is -0.141. The van der Waals surface area contributed by atoms with Crippen molar-refractivity contribution >= 4 is 35.1 Å². The highest BCUT2D eigenvalue weighted by Crippen LogP contribution is 2.15. The summed E-state index contributed by atoms with van der Waals surface area (Å²) in [5, 5.41) is 26.7. The summed E-state index contributed by atoms with van der Waals surface area (Å²) in [6.07, 6.45) is -1.27. The van der Waals surface area contributed by atoms with E-state index in [0.29, 0.717) is 0 Å². The molecule has 0 spiro atoms. The van der Waals surface area contributed by atoms with Crippen LogP contribution in [-0.4, -0.2) is 44.4 Å². The van der Waals surface area contributed by atoms with Crippen molar-refractivity contribution in [2.24, 2.45) is 0 Å². The lowest BCUT2D eigenvalue weighted by atomic mass is 10.1. The Bertz CT molecular complexity index is 481. The summed E-state index contributed by atoms with van der Waals surface area (Å²) < 4.78 is 0. The molecule has 2 atom stereocenters. The fourth-order valence-electron chi connectivity index (χ4n) is 1.12. The molecule has 3 N–H and O–H groups in total. The van der Waals surface area contributed by atoms with E-state index in [4.69, 9.17) is 28.3 Å². The third-order valence-electron chi connectivity index (χ3n) is 2.00. The molecular formula is C9H9Cl2N3O4. The summed E-state index contributed by atoms with van der Waals surface area (Å²) in [5.41, 5.74) is -0.122. The summed E-state index contributed by atoms with van der Waals surface area (Å²) in [7, 11) is 0. The number of aromatic nitrogens is 2. The standard InChI is InChI=1S/C9H9Cl2N3O4/c1-3(15)6(9(17)18)12-8(16)4-2-5(10)13-14-7(4)11/h2-3,6,15H,1H3,(H,12,16)(H,17,18)/t3-,6+/m1/s1. The predicted octanol–water partition coefficient (Wildman–Crippen LogP) is 0.347. The molecule has 1 aromatic rings. The van der Waals surface area contributed by atoms with E-state index >= 15 is 0 Å². The average molecular weight is 294 g/mol. The molecule has 98 valence electrons. The second kappa shape index (κ2) is 5.94. The van der Waals surface area contributed by atoms with Crippen LogP contribution in [0.15, 0.2) is 6.07 Å². The van der Waals surface area contributed by atoms with Gasteiger partial charge in [-0.3, -0.25) is 4.79 Å². The topological polar surface area (TPSA) is 112 Å². The predicted molar refractivity (Wildman–Crippen MR) is 62.6 cm³/mol. The van der Waals surface area contributed by atoms with Crippen molar-refractivity contribution in [3.05, 3.63) is 21.9 Å². The van der Waals surface area contributed by atoms with Crippen molar-refractivity contribution in [3.8, 4) is 0 Å². The molecule has 1 amide bonds. The van der Waals surface area contributed by atoms with Gasteiger partial charge in [0.1, 0.15) is 0 Å². The van der Waals surface area contributed by atoms with Crippen LogP contribution < -0.4 is 5.32 Å². The van der Waals surface area contributed by atoms with Gasteiger partial charge in [0.05, 0.1) is 11.7 Å². The van der Waals surface area contributed by atoms with Crippen LogP contribution in [0.25, 0.3) is 0 Å². The number of carboxylic acids is 1. The van der Waals surface area contributed by atoms with E-state index in [0.717, 1.165) is 6.07 Å². The van der Waals surface area contributed by atoms with Crippen LogP contribution in [0.5, 0.6) is 0 Å². The van der Waals surface area contributed by atoms with Crippen molar-refractivity contribution in [1.82, 2.24) is 15.5 Å². The summed E-state index contributed by atoms with van der Waals surface area (Å²) in [4.78, 5) is 22.5. The van der Waals surface area contributed by atoms with Gasteiger partial charge < -0.3 is 15.5 Å². The maximum Gasteiger partial charge on any atom is 0.328 e. The number of aliphatic hydroxyl groups is 1. The first-order valence-electron chi connectivity index (χ1n) is 4.73. The summed E-state index contributed by atoms with van der Waals surface area (Å²) in [6.45, 7) is 1.23. The Morgan fingerprint density at radius 1 is 1.39 bits per heavy atom. The molecule has 0 unspecified atom stereocenters. The molecular weight excluding hydrogens is 285 g/mol. The van der Waals surface area contributed by atoms with Gasteiger partial charge >= 0.3 is 5.97 Å². The minimum absolute atomic E-state index is 0.0616. The zero-order valence-corrected chi connectivity index (χ0v) is 10.6. The van der Waals surface area contributed by atoms with E-state index in [1.807, 2.05) is 0 Å². The average Bonchev–Trinajstić information content (AvgIpc) is 2.28. The first-order chi connectivity index (χ1) is 8.32. The van der Waals surface area contributed by atoms with Gasteiger partial charge in [0.15, 0.2) is 16.3 Å². The van der Waals surface area contributed by atoms with Crippen molar-refractivity contribution in [2.75, 3.05) is 0 Å². The Balaban J connectivity index is 2.94. The maximum absolute atomic E-state index is 11.7. The minimum atomic E-state index is -1.46. The largest absolute Gasteiger partial charge is 0.480 e. The molecule has 7 nitrogen and oxygen atoms in total. The zero-order chi connectivity index (χ0) is 13.9. The van der Waals surface area contributed by atoms with Gasteiger partial charge in [0.2, 0.25) is 0 Å². The van der Waals surface area contributed by atoms with Crippen LogP contribution in [0, 0.1) is 0 Å². The van der Waals surface area contributed by atoms with E-state index in [9.17, 15) is 14.7 Å². The van der Waals surface area contributed by atoms with E-state index in [1.165, 1.54) is 6.92 Å². The Labute approximate surface area is 112 Å². The molecule has 1 aromatic heterocycles. The van der Waals surface area contributed by atoms with Crippen LogP contribution in [-0.2, 0) is 4.79 Å². The second-order valence-corrected chi connectivity index (χ2v) is 4.15. The summed E-state index contributed by atoms with van der Waals surface area (Å²) >= 11 is 11.2. The molecule has 0 aliphatic carbocycles. The highest BCUT2D eigenvalue weighted by molar-refractivity contribution is 6.34. The van der Waals surface area contributed by atoms with Gasteiger partial charge in [0.25, 0.3) is 5.91 Å². The monoisotopic (exact) mass is 293 g/mol. The lowest BCUT2D eigenvalue weighted by Crippen LogP contribution is -2.47. The van der Waals surface area contributed by atoms with E-state index in [-0.39, 0.29) is 15.9 Å². The number of nitrogens with zero attached hydrogens (tertiary/aromatic N) is 2. The molecule has 0 radical (unpaired) electrons. The van der Waals surface area contributed by atoms with Gasteiger partial charge in [-0.05, 0) is 13.0 Å². The number of carbonyl (C=O) groups is 2. The van der Waals surface area contributed by atoms with Crippen molar-refractivity contribution in [3.63, 3.8) is 0 Å². The minimum Gasteiger partial charge on any atom is -0.480 e. The Morgan fingerprint density at radius 3 is 2.50 bits per heavy atom. The number of hydrogen-bond acceptors (Lipinski definition) is 5. The van der Waals surface area contributed by atoms with Crippen LogP contribution >= 0.6 is 23.2 Å². The number of hydrogen-bond donors (Lipinski definition) is 3. The van der Waals surface area contributed by atoms with Gasteiger partial charge in [-0.1, -0.05) is 23.2 Å². The normalized spacial score (nSPS) is 13.8. The summed E-state index contributed by atoms with van der Waals surface area (Å²) in [6, 6.07) is -0.312. The molecule has 0 saturated carbocycles. The molecule has 1 rings (SSSR count). The molecule has 0 fully saturated rings. The number of halogens is 2. The summed E-state index contributed by atoms with van der Waals surface area (Å²) in [5.74, 6) is -2.19. The van der Waals surface area contributed by atoms with Crippen LogP contribution in [0.2, 0.25) is 10.3 Å². The van der Waals surface area contributed by atoms with Crippen LogP contribution in [0.3, 0.4) is 0 Å². The van der Waals surface area contributed by atoms with E-state index in [1.54, 1.807) is 0 Å². The number of aliphatic carboxylic acids is 1. The van der Waals surface area contributed by atoms with Gasteiger partial charge in [0, 0.05) is 0 Å². The third-order valence-corrected chi connectivity index (χ3v) is 2.46. The molecule has 0 saturated heterocycles. The molecule has 0 bridgehead atoms. The van der Waals surface area contributed by atoms with Gasteiger partial charge in [-0.15, -0.1) is 10.2 Å². The van der Waals surface area contributed by atoms with Gasteiger partial charge in [-0.2, -0.15) is 0 Å². The van der Waals surface area contributed by atoms with Crippen molar-refractivity contribution in [2.45, 2.75) is 19.1 Å². The molecule has 0 aliphatic rings. The highest BCUT2D eigenvalue weighted by atomic mass is 35.5. The number of aliphatic hydroxyl groups excluding tert-OH is 1. The fraction of sp³-hybridized carbons (Fsp3) is 0.333. The van der Waals surface area contributed by atoms with Gasteiger partial charge in [-0.25, -0.2) is 4.79 Å². The Kier molecular flexibility index (Phi) is 4.83. The Morgan fingerprint density at radius 2 is 2.00 bits per heavy atom. The Hall–Kier alpha value is -1.44. The number of amides is 1. The molecule has 0 aliphatic heterocycles. The fourth-order valence-corrected chi connectivity index (χ4v) is 1.45. The highest BCUT2D eigenvalue weighted by Gasteiger charge is 2.26. The molecule has 18 heavy (non-hydrogen) atoms. The maximum atomic E-state index is 11.7. The van der Waals surface area contributed by atoms with Crippen molar-refractivity contribution in [1.29, 1.82) is 0 Å². The second-order valence-electron chi connectivity index (χ2n) is 3.40. The quantitative estimate of drug-likeness (QED) is 0.738. The van der Waals surface area contributed by atoms with Crippen LogP contribution in [0.1, 0.15) is 17.3 Å². The smallest absolute Gasteiger partial charge is 0.328 e. The lowest BCUT2D eigenvalue weighted by Gasteiger charge is -2.17. The number of carbonyl (C=O) groups excluding carboxylic acids is 1. The number of nitrogens with one attached hydrogen (secondary N) is 1. The first kappa shape index (κ1) is 14.6. The van der Waals surface area contributed by atoms with E-state index in [2.05, 4.69) is 15.5 Å². The van der Waals surface area contributed by atoms with Crippen LogP contribution in [0.4, 0.5) is 0 Å². The molecule has 9 heteroatoms. The zero-order valence-electron chi connectivity index (χ0n) is 9.09. The first-order valence-corrected chi connectivity index (χ1v) is 5.49.